The summed E-state index contributed by atoms with van der Waals surface area (Å²) in [6.07, 6.45) is 2.81. The number of nitrogens with zero attached hydrogens (tertiary/aromatic N) is 1. The van der Waals surface area contributed by atoms with Gasteiger partial charge in [0, 0.05) is 23.7 Å². The maximum absolute atomic E-state index is 8.66. The van der Waals surface area contributed by atoms with Crippen LogP contribution in [0.3, 0.4) is 0 Å². The first kappa shape index (κ1) is 14.2. The molecular weight excluding hydrogens is 260 g/mol. The van der Waals surface area contributed by atoms with E-state index in [9.17, 15) is 0 Å². The zero-order valence-corrected chi connectivity index (χ0v) is 11.9. The summed E-state index contributed by atoms with van der Waals surface area (Å²) in [6, 6.07) is 5.90. The molecule has 1 saturated heterocycles. The molecule has 19 heavy (non-hydrogen) atoms. The van der Waals surface area contributed by atoms with Gasteiger partial charge in [0.05, 0.1) is 6.10 Å². The molecule has 0 amide bonds. The van der Waals surface area contributed by atoms with Crippen molar-refractivity contribution in [1.29, 1.82) is 0 Å². The number of ether oxygens (including phenoxy) is 1. The first-order valence-electron chi connectivity index (χ1n) is 6.47. The first-order valence-corrected chi connectivity index (χ1v) is 7.63. The van der Waals surface area contributed by atoms with Crippen LogP contribution in [0.1, 0.15) is 29.5 Å². The van der Waals surface area contributed by atoms with Crippen molar-refractivity contribution in [3.63, 3.8) is 0 Å². The number of aryl methyl sites for hydroxylation is 1. The third-order valence-electron chi connectivity index (χ3n) is 3.33. The maximum atomic E-state index is 8.66. The van der Waals surface area contributed by atoms with Gasteiger partial charge in [-0.05, 0) is 37.0 Å². The average molecular weight is 280 g/mol. The Bertz CT molecular complexity index is 457. The van der Waals surface area contributed by atoms with Gasteiger partial charge in [-0.3, -0.25) is 0 Å². The van der Waals surface area contributed by atoms with E-state index in [1.54, 1.807) is 0 Å². The molecule has 1 fully saturated rings. The van der Waals surface area contributed by atoms with Crippen LogP contribution >= 0.6 is 11.8 Å². The number of nitrogens with two attached hydrogens (primary N) is 1. The van der Waals surface area contributed by atoms with Crippen LogP contribution in [0.15, 0.2) is 23.4 Å². The van der Waals surface area contributed by atoms with Crippen molar-refractivity contribution in [2.75, 3.05) is 12.4 Å². The highest BCUT2D eigenvalue weighted by Gasteiger charge is 2.15. The van der Waals surface area contributed by atoms with E-state index in [0.717, 1.165) is 23.7 Å². The van der Waals surface area contributed by atoms with Gasteiger partial charge in [-0.15, -0.1) is 0 Å². The summed E-state index contributed by atoms with van der Waals surface area (Å²) in [5, 5.41) is 11.7. The Kier molecular flexibility index (Phi) is 5.10. The van der Waals surface area contributed by atoms with Crippen LogP contribution in [-0.4, -0.2) is 29.5 Å². The summed E-state index contributed by atoms with van der Waals surface area (Å²) < 4.78 is 5.61. The van der Waals surface area contributed by atoms with Gasteiger partial charge in [0.15, 0.2) is 5.84 Å². The molecular formula is C14H20N2O2S. The minimum atomic E-state index is 0.154. The Hall–Kier alpha value is -1.20. The monoisotopic (exact) mass is 280 g/mol. The van der Waals surface area contributed by atoms with Gasteiger partial charge in [0.2, 0.25) is 0 Å². The van der Waals surface area contributed by atoms with Crippen LogP contribution in [0, 0.1) is 6.92 Å². The first-order chi connectivity index (χ1) is 9.20. The van der Waals surface area contributed by atoms with Crippen molar-refractivity contribution < 1.29 is 9.94 Å². The Morgan fingerprint density at radius 2 is 2.42 bits per heavy atom. The van der Waals surface area contributed by atoms with Gasteiger partial charge in [-0.25, -0.2) is 0 Å². The lowest BCUT2D eigenvalue weighted by atomic mass is 10.1. The number of hydrogen-bond acceptors (Lipinski definition) is 4. The number of rotatable bonds is 5. The van der Waals surface area contributed by atoms with E-state index >= 15 is 0 Å². The summed E-state index contributed by atoms with van der Waals surface area (Å²) in [4.78, 5) is 0. The highest BCUT2D eigenvalue weighted by Crippen LogP contribution is 2.22. The van der Waals surface area contributed by atoms with E-state index in [1.807, 2.05) is 30.0 Å². The van der Waals surface area contributed by atoms with Gasteiger partial charge in [0.25, 0.3) is 0 Å². The summed E-state index contributed by atoms with van der Waals surface area (Å²) >= 11 is 1.90. The summed E-state index contributed by atoms with van der Waals surface area (Å²) in [7, 11) is 0. The Labute approximate surface area is 118 Å². The van der Waals surface area contributed by atoms with Crippen LogP contribution in [0.25, 0.3) is 0 Å². The van der Waals surface area contributed by atoms with E-state index in [0.29, 0.717) is 6.10 Å². The van der Waals surface area contributed by atoms with Gasteiger partial charge in [-0.1, -0.05) is 17.3 Å². The van der Waals surface area contributed by atoms with Crippen molar-refractivity contribution in [1.82, 2.24) is 0 Å². The molecule has 1 aromatic carbocycles. The van der Waals surface area contributed by atoms with Crippen LogP contribution in [0.5, 0.6) is 0 Å². The molecule has 0 spiro atoms. The Morgan fingerprint density at radius 1 is 1.58 bits per heavy atom. The molecule has 4 nitrogen and oxygen atoms in total. The normalized spacial score (nSPS) is 19.8. The molecule has 5 heteroatoms. The standard InChI is InChI=1S/C14H20N2O2S/c1-10-7-11(14(15)16-17)4-5-12(10)8-19-9-13-3-2-6-18-13/h4-5,7,13,17H,2-3,6,8-9H2,1H3,(H2,15,16). The van der Waals surface area contributed by atoms with Gasteiger partial charge in [-0.2, -0.15) is 11.8 Å². The minimum absolute atomic E-state index is 0.154. The van der Waals surface area contributed by atoms with Crippen molar-refractivity contribution in [3.05, 3.63) is 34.9 Å². The molecule has 1 atom stereocenters. The third kappa shape index (κ3) is 3.88. The van der Waals surface area contributed by atoms with Crippen molar-refractivity contribution >= 4 is 17.6 Å². The summed E-state index contributed by atoms with van der Waals surface area (Å²) in [6.45, 7) is 2.97. The lowest BCUT2D eigenvalue weighted by molar-refractivity contribution is 0.129. The molecule has 0 aromatic heterocycles. The fraction of sp³-hybridized carbons (Fsp3) is 0.500. The molecule has 2 rings (SSSR count). The number of hydrogen-bond donors (Lipinski definition) is 2. The van der Waals surface area contributed by atoms with E-state index in [-0.39, 0.29) is 5.84 Å². The van der Waals surface area contributed by atoms with E-state index in [4.69, 9.17) is 15.7 Å². The fourth-order valence-electron chi connectivity index (χ4n) is 2.15. The van der Waals surface area contributed by atoms with Crippen LogP contribution in [0.2, 0.25) is 0 Å². The average Bonchev–Trinajstić information content (AvgIpc) is 2.93. The van der Waals surface area contributed by atoms with Gasteiger partial charge < -0.3 is 15.7 Å². The highest BCUT2D eigenvalue weighted by atomic mass is 32.2. The Morgan fingerprint density at radius 3 is 3.05 bits per heavy atom. The molecule has 0 bridgehead atoms. The Balaban J connectivity index is 1.89. The molecule has 1 aliphatic rings. The second-order valence-electron chi connectivity index (χ2n) is 4.78. The molecule has 1 unspecified atom stereocenters. The van der Waals surface area contributed by atoms with E-state index in [1.165, 1.54) is 24.0 Å². The molecule has 1 aliphatic heterocycles. The van der Waals surface area contributed by atoms with Crippen LogP contribution in [-0.2, 0) is 10.5 Å². The highest BCUT2D eigenvalue weighted by molar-refractivity contribution is 7.98. The van der Waals surface area contributed by atoms with Gasteiger partial charge >= 0.3 is 0 Å². The molecule has 0 aliphatic carbocycles. The van der Waals surface area contributed by atoms with Crippen molar-refractivity contribution in [2.24, 2.45) is 10.9 Å². The van der Waals surface area contributed by atoms with E-state index in [2.05, 4.69) is 12.1 Å². The van der Waals surface area contributed by atoms with Gasteiger partial charge in [0.1, 0.15) is 0 Å². The summed E-state index contributed by atoms with van der Waals surface area (Å²) in [5.74, 6) is 2.19. The van der Waals surface area contributed by atoms with Crippen molar-refractivity contribution in [2.45, 2.75) is 31.6 Å². The zero-order valence-electron chi connectivity index (χ0n) is 11.1. The second-order valence-corrected chi connectivity index (χ2v) is 5.81. The maximum Gasteiger partial charge on any atom is 0.170 e. The smallest absolute Gasteiger partial charge is 0.170 e. The molecule has 1 aromatic rings. The van der Waals surface area contributed by atoms with Crippen molar-refractivity contribution in [3.8, 4) is 0 Å². The topological polar surface area (TPSA) is 67.8 Å². The number of benzene rings is 1. The molecule has 0 radical (unpaired) electrons. The van der Waals surface area contributed by atoms with E-state index < -0.39 is 0 Å². The fourth-order valence-corrected chi connectivity index (χ4v) is 3.34. The summed E-state index contributed by atoms with van der Waals surface area (Å²) in [5.41, 5.74) is 8.79. The van der Waals surface area contributed by atoms with Crippen LogP contribution < -0.4 is 5.73 Å². The lowest BCUT2D eigenvalue weighted by Crippen LogP contribution is -2.13. The quantitative estimate of drug-likeness (QED) is 0.376. The largest absolute Gasteiger partial charge is 0.409 e. The molecule has 3 N–H and O–H groups in total. The lowest BCUT2D eigenvalue weighted by Gasteiger charge is -2.11. The predicted octanol–water partition coefficient (Wildman–Crippen LogP) is 2.50. The minimum Gasteiger partial charge on any atom is -0.409 e. The SMILES string of the molecule is Cc1cc(/C(N)=N/O)ccc1CSCC1CCCO1. The third-order valence-corrected chi connectivity index (χ3v) is 4.45. The number of amidine groups is 1. The second kappa shape index (κ2) is 6.82. The molecule has 0 saturated carbocycles. The molecule has 1 heterocycles. The van der Waals surface area contributed by atoms with Crippen LogP contribution in [0.4, 0.5) is 0 Å². The predicted molar refractivity (Wildman–Crippen MR) is 78.8 cm³/mol. The zero-order chi connectivity index (χ0) is 13.7. The number of thioether (sulfide) groups is 1. The molecule has 104 valence electrons. The number of oxime groups is 1.